The van der Waals surface area contributed by atoms with Gasteiger partial charge in [0.15, 0.2) is 5.15 Å². The van der Waals surface area contributed by atoms with Gasteiger partial charge in [-0.2, -0.15) is 0 Å². The number of piperazine rings is 1. The lowest BCUT2D eigenvalue weighted by Gasteiger charge is -2.37. The number of benzene rings is 2. The van der Waals surface area contributed by atoms with Crippen LogP contribution in [0.5, 0.6) is 0 Å². The van der Waals surface area contributed by atoms with E-state index in [2.05, 4.69) is 68.3 Å². The molecule has 6 heteroatoms. The van der Waals surface area contributed by atoms with Gasteiger partial charge in [-0.1, -0.05) is 54.1 Å². The molecule has 0 saturated carbocycles. The van der Waals surface area contributed by atoms with Crippen molar-refractivity contribution in [3.05, 3.63) is 71.2 Å². The summed E-state index contributed by atoms with van der Waals surface area (Å²) in [4.78, 5) is 12.7. The van der Waals surface area contributed by atoms with E-state index in [1.807, 2.05) is 6.07 Å². The SMILES string of the molecule is Clc1ncc(N2CCN(c3cccc(-c4ccccc4)c3)CC2)c(Cl)n1. The number of aromatic nitrogens is 2. The summed E-state index contributed by atoms with van der Waals surface area (Å²) < 4.78 is 0. The van der Waals surface area contributed by atoms with E-state index in [4.69, 9.17) is 23.2 Å². The maximum Gasteiger partial charge on any atom is 0.223 e. The zero-order chi connectivity index (χ0) is 17.9. The van der Waals surface area contributed by atoms with E-state index in [0.717, 1.165) is 31.9 Å². The van der Waals surface area contributed by atoms with Crippen molar-refractivity contribution >= 4 is 34.6 Å². The second kappa shape index (κ2) is 7.52. The molecule has 0 radical (unpaired) electrons. The van der Waals surface area contributed by atoms with Crippen LogP contribution in [0.4, 0.5) is 11.4 Å². The lowest BCUT2D eigenvalue weighted by atomic mass is 10.0. The molecule has 132 valence electrons. The molecule has 0 atom stereocenters. The Morgan fingerprint density at radius 3 is 2.19 bits per heavy atom. The highest BCUT2D eigenvalue weighted by molar-refractivity contribution is 6.33. The summed E-state index contributed by atoms with van der Waals surface area (Å²) in [6.45, 7) is 3.55. The molecule has 0 N–H and O–H groups in total. The Kier molecular flexibility index (Phi) is 4.96. The third-order valence-electron chi connectivity index (χ3n) is 4.63. The topological polar surface area (TPSA) is 32.3 Å². The van der Waals surface area contributed by atoms with Crippen LogP contribution >= 0.6 is 23.2 Å². The molecule has 0 spiro atoms. The highest BCUT2D eigenvalue weighted by Crippen LogP contribution is 2.28. The summed E-state index contributed by atoms with van der Waals surface area (Å²) >= 11 is 12.0. The molecule has 0 aliphatic carbocycles. The largest absolute Gasteiger partial charge is 0.368 e. The maximum atomic E-state index is 6.21. The summed E-state index contributed by atoms with van der Waals surface area (Å²) in [6, 6.07) is 19.1. The lowest BCUT2D eigenvalue weighted by molar-refractivity contribution is 0.652. The molecule has 0 amide bonds. The van der Waals surface area contributed by atoms with Crippen molar-refractivity contribution in [1.29, 1.82) is 0 Å². The Morgan fingerprint density at radius 2 is 1.46 bits per heavy atom. The number of hydrogen-bond donors (Lipinski definition) is 0. The van der Waals surface area contributed by atoms with E-state index in [1.165, 1.54) is 16.8 Å². The summed E-state index contributed by atoms with van der Waals surface area (Å²) in [7, 11) is 0. The summed E-state index contributed by atoms with van der Waals surface area (Å²) in [5, 5.41) is 0.583. The van der Waals surface area contributed by atoms with Gasteiger partial charge >= 0.3 is 0 Å². The van der Waals surface area contributed by atoms with Crippen LogP contribution in [0, 0.1) is 0 Å². The zero-order valence-corrected chi connectivity index (χ0v) is 15.7. The van der Waals surface area contributed by atoms with Crippen molar-refractivity contribution in [2.24, 2.45) is 0 Å². The molecule has 26 heavy (non-hydrogen) atoms. The molecule has 1 aromatic heterocycles. The molecule has 1 saturated heterocycles. The molecule has 2 aromatic carbocycles. The quantitative estimate of drug-likeness (QED) is 0.480. The number of nitrogens with zero attached hydrogens (tertiary/aromatic N) is 4. The van der Waals surface area contributed by atoms with Crippen molar-refractivity contribution in [1.82, 2.24) is 9.97 Å². The van der Waals surface area contributed by atoms with Crippen molar-refractivity contribution in [2.45, 2.75) is 0 Å². The van der Waals surface area contributed by atoms with Gasteiger partial charge in [-0.05, 0) is 34.9 Å². The Hall–Kier alpha value is -2.30. The average molecular weight is 385 g/mol. The van der Waals surface area contributed by atoms with Crippen LogP contribution in [0.15, 0.2) is 60.8 Å². The summed E-state index contributed by atoms with van der Waals surface area (Å²) in [5.74, 6) is 0. The molecule has 1 fully saturated rings. The van der Waals surface area contributed by atoms with Crippen LogP contribution in [0.3, 0.4) is 0 Å². The number of halogens is 2. The monoisotopic (exact) mass is 384 g/mol. The molecule has 2 heterocycles. The molecule has 0 bridgehead atoms. The van der Waals surface area contributed by atoms with Gasteiger partial charge in [-0.15, -0.1) is 0 Å². The molecule has 3 aromatic rings. The highest BCUT2D eigenvalue weighted by Gasteiger charge is 2.20. The van der Waals surface area contributed by atoms with E-state index in [1.54, 1.807) is 6.20 Å². The fourth-order valence-corrected chi connectivity index (χ4v) is 3.69. The number of anilines is 2. The van der Waals surface area contributed by atoms with Gasteiger partial charge in [0.25, 0.3) is 0 Å². The highest BCUT2D eigenvalue weighted by atomic mass is 35.5. The van der Waals surface area contributed by atoms with Gasteiger partial charge < -0.3 is 9.80 Å². The van der Waals surface area contributed by atoms with Crippen molar-refractivity contribution in [3.63, 3.8) is 0 Å². The van der Waals surface area contributed by atoms with E-state index in [0.29, 0.717) is 5.15 Å². The Balaban J connectivity index is 1.48. The molecular weight excluding hydrogens is 367 g/mol. The van der Waals surface area contributed by atoms with E-state index in [-0.39, 0.29) is 5.28 Å². The second-order valence-electron chi connectivity index (χ2n) is 6.21. The van der Waals surface area contributed by atoms with Gasteiger partial charge in [0.1, 0.15) is 0 Å². The first-order valence-corrected chi connectivity index (χ1v) is 9.30. The minimum atomic E-state index is 0.176. The number of rotatable bonds is 3. The van der Waals surface area contributed by atoms with Crippen LogP contribution in [0.1, 0.15) is 0 Å². The van der Waals surface area contributed by atoms with Crippen molar-refractivity contribution in [2.75, 3.05) is 36.0 Å². The lowest BCUT2D eigenvalue weighted by Crippen LogP contribution is -2.46. The Labute approximate surface area is 163 Å². The Bertz CT molecular complexity index is 893. The van der Waals surface area contributed by atoms with Crippen LogP contribution in [0.2, 0.25) is 10.4 Å². The van der Waals surface area contributed by atoms with Crippen LogP contribution in [-0.2, 0) is 0 Å². The van der Waals surface area contributed by atoms with Gasteiger partial charge in [-0.3, -0.25) is 0 Å². The smallest absolute Gasteiger partial charge is 0.223 e. The van der Waals surface area contributed by atoms with Gasteiger partial charge in [-0.25, -0.2) is 9.97 Å². The van der Waals surface area contributed by atoms with E-state index in [9.17, 15) is 0 Å². The standard InChI is InChI=1S/C20H18Cl2N4/c21-19-18(14-23-20(22)24-19)26-11-9-25(10-12-26)17-8-4-7-16(13-17)15-5-2-1-3-6-15/h1-8,13-14H,9-12H2. The Morgan fingerprint density at radius 1 is 0.769 bits per heavy atom. The predicted molar refractivity (Wildman–Crippen MR) is 108 cm³/mol. The normalized spacial score (nSPS) is 14.5. The first-order chi connectivity index (χ1) is 12.7. The van der Waals surface area contributed by atoms with Crippen molar-refractivity contribution < 1.29 is 0 Å². The molecule has 1 aliphatic rings. The third kappa shape index (κ3) is 3.62. The first kappa shape index (κ1) is 17.1. The van der Waals surface area contributed by atoms with E-state index < -0.39 is 0 Å². The first-order valence-electron chi connectivity index (χ1n) is 8.54. The van der Waals surface area contributed by atoms with Crippen LogP contribution < -0.4 is 9.80 Å². The third-order valence-corrected chi connectivity index (χ3v) is 5.09. The fraction of sp³-hybridized carbons (Fsp3) is 0.200. The molecular formula is C20H18Cl2N4. The van der Waals surface area contributed by atoms with Crippen molar-refractivity contribution in [3.8, 4) is 11.1 Å². The summed E-state index contributed by atoms with van der Waals surface area (Å²) in [6.07, 6.45) is 1.70. The molecule has 4 nitrogen and oxygen atoms in total. The molecule has 0 unspecified atom stereocenters. The summed E-state index contributed by atoms with van der Waals surface area (Å²) in [5.41, 5.74) is 4.55. The second-order valence-corrected chi connectivity index (χ2v) is 6.90. The number of hydrogen-bond acceptors (Lipinski definition) is 4. The minimum Gasteiger partial charge on any atom is -0.368 e. The van der Waals surface area contributed by atoms with Gasteiger partial charge in [0.2, 0.25) is 5.28 Å². The fourth-order valence-electron chi connectivity index (χ4n) is 3.27. The minimum absolute atomic E-state index is 0.176. The average Bonchev–Trinajstić information content (AvgIpc) is 2.69. The maximum absolute atomic E-state index is 6.21. The van der Waals surface area contributed by atoms with E-state index >= 15 is 0 Å². The van der Waals surface area contributed by atoms with Gasteiger partial charge in [0.05, 0.1) is 11.9 Å². The zero-order valence-electron chi connectivity index (χ0n) is 14.1. The van der Waals surface area contributed by atoms with Crippen LogP contribution in [0.25, 0.3) is 11.1 Å². The molecule has 4 rings (SSSR count). The van der Waals surface area contributed by atoms with Crippen LogP contribution in [-0.4, -0.2) is 36.1 Å². The predicted octanol–water partition coefficient (Wildman–Crippen LogP) is 4.78. The molecule has 1 aliphatic heterocycles. The van der Waals surface area contributed by atoms with Gasteiger partial charge in [0, 0.05) is 31.9 Å².